The average molecular weight is 362 g/mol. The molecule has 0 spiro atoms. The topological polar surface area (TPSA) is 66.0 Å². The van der Waals surface area contributed by atoms with Gasteiger partial charge in [-0.15, -0.1) is 0 Å². The van der Waals surface area contributed by atoms with E-state index >= 15 is 0 Å². The Morgan fingerprint density at radius 1 is 1.04 bits per heavy atom. The van der Waals surface area contributed by atoms with E-state index in [2.05, 4.69) is 50.6 Å². The summed E-state index contributed by atoms with van der Waals surface area (Å²) < 4.78 is 0. The Kier molecular flexibility index (Phi) is 3.43. The normalized spacial score (nSPS) is 16.8. The zero-order valence-corrected chi connectivity index (χ0v) is 14.9. The lowest BCUT2D eigenvalue weighted by Crippen LogP contribution is -2.11. The second-order valence-electron chi connectivity index (χ2n) is 6.61. The molecule has 2 aromatic heterocycles. The highest BCUT2D eigenvalue weighted by molar-refractivity contribution is 6.30. The number of H-pyrrole nitrogens is 1. The number of hydrogen-bond acceptors (Lipinski definition) is 4. The van der Waals surface area contributed by atoms with Crippen molar-refractivity contribution in [1.29, 1.82) is 0 Å². The Labute approximate surface area is 155 Å². The molecule has 1 aliphatic rings. The number of rotatable bonds is 2. The largest absolute Gasteiger partial charge is 0.337 e. The molecular formula is C20H16ClN5. The molecule has 5 nitrogen and oxygen atoms in total. The number of hydrogen-bond donors (Lipinski definition) is 2. The van der Waals surface area contributed by atoms with Gasteiger partial charge >= 0.3 is 0 Å². The number of aromatic amines is 1. The number of nitrogens with one attached hydrogen (secondary N) is 2. The summed E-state index contributed by atoms with van der Waals surface area (Å²) in [5.41, 5.74) is 9.07. The van der Waals surface area contributed by atoms with Crippen molar-refractivity contribution in [2.24, 2.45) is 5.10 Å². The minimum absolute atomic E-state index is 0.0103. The number of aryl methyl sites for hydroxylation is 1. The quantitative estimate of drug-likeness (QED) is 0.516. The first-order chi connectivity index (χ1) is 12.7. The molecule has 26 heavy (non-hydrogen) atoms. The van der Waals surface area contributed by atoms with Gasteiger partial charge in [-0.25, -0.2) is 9.97 Å². The molecule has 0 saturated carbocycles. The molecule has 0 radical (unpaired) electrons. The molecule has 0 fully saturated rings. The number of halogens is 1. The Bertz CT molecular complexity index is 1140. The summed E-state index contributed by atoms with van der Waals surface area (Å²) in [5.74, 6) is 0.793. The van der Waals surface area contributed by atoms with E-state index in [4.69, 9.17) is 11.6 Å². The van der Waals surface area contributed by atoms with Gasteiger partial charge in [0.2, 0.25) is 0 Å². The summed E-state index contributed by atoms with van der Waals surface area (Å²) in [6.07, 6.45) is 0.707. The third kappa shape index (κ3) is 2.52. The molecule has 0 unspecified atom stereocenters. The van der Waals surface area contributed by atoms with Gasteiger partial charge in [0, 0.05) is 17.4 Å². The molecule has 0 bridgehead atoms. The van der Waals surface area contributed by atoms with Crippen LogP contribution in [0.15, 0.2) is 53.6 Å². The SMILES string of the molecule is Cc1ccc2cc([C@@H]3CC(c4nc5ccccc5[nH]4)=NN3)c(Cl)nc2c1. The summed E-state index contributed by atoms with van der Waals surface area (Å²) in [6, 6.07) is 16.3. The molecule has 128 valence electrons. The molecule has 2 aromatic carbocycles. The van der Waals surface area contributed by atoms with E-state index < -0.39 is 0 Å². The van der Waals surface area contributed by atoms with Gasteiger partial charge in [-0.2, -0.15) is 5.10 Å². The lowest BCUT2D eigenvalue weighted by molar-refractivity contribution is 0.619. The van der Waals surface area contributed by atoms with Crippen LogP contribution >= 0.6 is 11.6 Å². The van der Waals surface area contributed by atoms with Crippen molar-refractivity contribution in [2.75, 3.05) is 0 Å². The Morgan fingerprint density at radius 2 is 1.92 bits per heavy atom. The van der Waals surface area contributed by atoms with E-state index in [9.17, 15) is 0 Å². The first kappa shape index (κ1) is 15.3. The van der Waals surface area contributed by atoms with Crippen LogP contribution in [0.25, 0.3) is 21.9 Å². The van der Waals surface area contributed by atoms with E-state index in [1.54, 1.807) is 0 Å². The highest BCUT2D eigenvalue weighted by Gasteiger charge is 2.25. The first-order valence-electron chi connectivity index (χ1n) is 8.51. The number of hydrazone groups is 1. The van der Waals surface area contributed by atoms with Gasteiger partial charge in [0.25, 0.3) is 0 Å². The second kappa shape index (κ2) is 5.81. The smallest absolute Gasteiger partial charge is 0.154 e. The van der Waals surface area contributed by atoms with Crippen molar-refractivity contribution in [3.63, 3.8) is 0 Å². The van der Waals surface area contributed by atoms with Crippen molar-refractivity contribution in [2.45, 2.75) is 19.4 Å². The average Bonchev–Trinajstić information content (AvgIpc) is 3.27. The lowest BCUT2D eigenvalue weighted by atomic mass is 10.0. The maximum absolute atomic E-state index is 6.47. The van der Waals surface area contributed by atoms with E-state index in [0.717, 1.165) is 39.0 Å². The minimum atomic E-state index is -0.0103. The van der Waals surface area contributed by atoms with Crippen LogP contribution in [0.5, 0.6) is 0 Å². The van der Waals surface area contributed by atoms with Crippen molar-refractivity contribution >= 4 is 39.2 Å². The zero-order valence-electron chi connectivity index (χ0n) is 14.1. The van der Waals surface area contributed by atoms with Crippen LogP contribution in [0.1, 0.15) is 29.4 Å². The Hall–Kier alpha value is -2.92. The summed E-state index contributed by atoms with van der Waals surface area (Å²) in [4.78, 5) is 12.5. The number of para-hydroxylation sites is 2. The van der Waals surface area contributed by atoms with Crippen LogP contribution in [0.3, 0.4) is 0 Å². The van der Waals surface area contributed by atoms with Gasteiger partial charge in [0.1, 0.15) is 10.9 Å². The lowest BCUT2D eigenvalue weighted by Gasteiger charge is -2.13. The molecule has 6 heteroatoms. The molecule has 5 rings (SSSR count). The van der Waals surface area contributed by atoms with Gasteiger partial charge in [0.05, 0.1) is 22.6 Å². The van der Waals surface area contributed by atoms with Crippen LogP contribution in [0, 0.1) is 6.92 Å². The maximum Gasteiger partial charge on any atom is 0.154 e. The van der Waals surface area contributed by atoms with Crippen LogP contribution in [0.4, 0.5) is 0 Å². The predicted octanol–water partition coefficient (Wildman–Crippen LogP) is 4.51. The molecule has 2 N–H and O–H groups in total. The fraction of sp³-hybridized carbons (Fsp3) is 0.150. The molecule has 1 atom stereocenters. The number of aromatic nitrogens is 3. The van der Waals surface area contributed by atoms with Crippen molar-refractivity contribution < 1.29 is 0 Å². The molecule has 0 aliphatic carbocycles. The number of pyridine rings is 1. The summed E-state index contributed by atoms with van der Waals surface area (Å²) >= 11 is 6.47. The standard InChI is InChI=1S/C20H16ClN5/c1-11-6-7-12-9-13(19(21)22-16(12)8-11)17-10-18(26-25-17)20-23-14-4-2-3-5-15(14)24-20/h2-9,17,25H,10H2,1H3,(H,23,24)/t17-/m0/s1. The number of benzene rings is 2. The molecule has 1 aliphatic heterocycles. The number of imidazole rings is 1. The van der Waals surface area contributed by atoms with E-state index in [1.165, 1.54) is 5.56 Å². The monoisotopic (exact) mass is 361 g/mol. The predicted molar refractivity (Wildman–Crippen MR) is 105 cm³/mol. The Balaban J connectivity index is 1.47. The summed E-state index contributed by atoms with van der Waals surface area (Å²) in [7, 11) is 0. The highest BCUT2D eigenvalue weighted by Crippen LogP contribution is 2.31. The molecular weight excluding hydrogens is 346 g/mol. The zero-order chi connectivity index (χ0) is 17.7. The summed E-state index contributed by atoms with van der Waals surface area (Å²) in [6.45, 7) is 2.05. The van der Waals surface area contributed by atoms with Crippen molar-refractivity contribution in [1.82, 2.24) is 20.4 Å². The van der Waals surface area contributed by atoms with Gasteiger partial charge in [0.15, 0.2) is 5.82 Å². The maximum atomic E-state index is 6.47. The van der Waals surface area contributed by atoms with E-state index in [0.29, 0.717) is 11.6 Å². The summed E-state index contributed by atoms with van der Waals surface area (Å²) in [5, 5.41) is 6.07. The van der Waals surface area contributed by atoms with Crippen LogP contribution in [-0.2, 0) is 0 Å². The molecule has 4 aromatic rings. The fourth-order valence-corrected chi connectivity index (χ4v) is 3.65. The van der Waals surface area contributed by atoms with Gasteiger partial charge < -0.3 is 10.4 Å². The van der Waals surface area contributed by atoms with Gasteiger partial charge in [-0.3, -0.25) is 0 Å². The van der Waals surface area contributed by atoms with Gasteiger partial charge in [-0.05, 0) is 36.8 Å². The fourth-order valence-electron chi connectivity index (χ4n) is 3.37. The molecule has 0 saturated heterocycles. The van der Waals surface area contributed by atoms with Gasteiger partial charge in [-0.1, -0.05) is 35.9 Å². The van der Waals surface area contributed by atoms with Crippen LogP contribution in [0.2, 0.25) is 5.15 Å². The first-order valence-corrected chi connectivity index (χ1v) is 8.89. The number of nitrogens with zero attached hydrogens (tertiary/aromatic N) is 3. The van der Waals surface area contributed by atoms with Crippen LogP contribution in [-0.4, -0.2) is 20.7 Å². The molecule has 3 heterocycles. The number of fused-ring (bicyclic) bond motifs is 2. The van der Waals surface area contributed by atoms with E-state index in [1.807, 2.05) is 30.3 Å². The van der Waals surface area contributed by atoms with Crippen molar-refractivity contribution in [3.8, 4) is 0 Å². The second-order valence-corrected chi connectivity index (χ2v) is 6.97. The highest BCUT2D eigenvalue weighted by atomic mass is 35.5. The minimum Gasteiger partial charge on any atom is -0.337 e. The third-order valence-corrected chi connectivity index (χ3v) is 5.05. The van der Waals surface area contributed by atoms with E-state index in [-0.39, 0.29) is 6.04 Å². The Morgan fingerprint density at radius 3 is 2.81 bits per heavy atom. The van der Waals surface area contributed by atoms with Crippen LogP contribution < -0.4 is 5.43 Å². The molecule has 0 amide bonds. The third-order valence-electron chi connectivity index (χ3n) is 4.74. The van der Waals surface area contributed by atoms with Crippen molar-refractivity contribution in [3.05, 3.63) is 70.6 Å².